The van der Waals surface area contributed by atoms with Gasteiger partial charge in [0.25, 0.3) is 5.91 Å². The molecule has 4 rings (SSSR count). The SMILES string of the molecule is CC1(c2ccco2)NC(=O)N(Cc2nc3ccccc3o2)C1=O. The standard InChI is InChI=1S/C16H13N3O4/c1-16(12-7-4-8-22-12)14(20)19(15(21)18-16)9-13-17-10-5-2-3-6-11(10)23-13/h2-8H,9H2,1H3,(H,18,21). The highest BCUT2D eigenvalue weighted by Gasteiger charge is 2.51. The van der Waals surface area contributed by atoms with E-state index in [1.807, 2.05) is 12.1 Å². The molecule has 0 saturated carbocycles. The number of benzene rings is 1. The number of amides is 3. The molecule has 3 amide bonds. The van der Waals surface area contributed by atoms with Gasteiger partial charge >= 0.3 is 6.03 Å². The molecule has 0 spiro atoms. The molecular weight excluding hydrogens is 298 g/mol. The van der Waals surface area contributed by atoms with Gasteiger partial charge in [0.05, 0.1) is 6.26 Å². The molecule has 1 unspecified atom stereocenters. The molecule has 1 atom stereocenters. The molecule has 1 aliphatic rings. The van der Waals surface area contributed by atoms with Crippen molar-refractivity contribution in [2.75, 3.05) is 0 Å². The van der Waals surface area contributed by atoms with Crippen molar-refractivity contribution in [3.05, 3.63) is 54.3 Å². The summed E-state index contributed by atoms with van der Waals surface area (Å²) in [6.45, 7) is 1.58. The molecule has 7 nitrogen and oxygen atoms in total. The number of urea groups is 1. The van der Waals surface area contributed by atoms with Crippen molar-refractivity contribution in [3.63, 3.8) is 0 Å². The molecule has 1 aromatic carbocycles. The van der Waals surface area contributed by atoms with Crippen LogP contribution in [0.5, 0.6) is 0 Å². The highest BCUT2D eigenvalue weighted by atomic mass is 16.4. The molecule has 0 aliphatic carbocycles. The van der Waals surface area contributed by atoms with E-state index in [0.29, 0.717) is 22.8 Å². The Bertz CT molecular complexity index is 866. The van der Waals surface area contributed by atoms with Crippen LogP contribution in [-0.4, -0.2) is 21.8 Å². The highest BCUT2D eigenvalue weighted by Crippen LogP contribution is 2.30. The minimum absolute atomic E-state index is 0.0321. The molecule has 2 aromatic heterocycles. The molecule has 116 valence electrons. The van der Waals surface area contributed by atoms with Gasteiger partial charge in [-0.3, -0.25) is 9.69 Å². The first-order chi connectivity index (χ1) is 11.1. The minimum atomic E-state index is -1.22. The topological polar surface area (TPSA) is 88.6 Å². The van der Waals surface area contributed by atoms with E-state index in [-0.39, 0.29) is 6.54 Å². The smallest absolute Gasteiger partial charge is 0.325 e. The first-order valence-electron chi connectivity index (χ1n) is 7.10. The summed E-state index contributed by atoms with van der Waals surface area (Å²) in [4.78, 5) is 30.2. The van der Waals surface area contributed by atoms with E-state index in [4.69, 9.17) is 8.83 Å². The van der Waals surface area contributed by atoms with Gasteiger partial charge < -0.3 is 14.2 Å². The first kappa shape index (κ1) is 13.6. The normalized spacial score (nSPS) is 21.2. The number of hydrogen-bond acceptors (Lipinski definition) is 5. The summed E-state index contributed by atoms with van der Waals surface area (Å²) in [5.41, 5.74) is 0.0822. The van der Waals surface area contributed by atoms with Crippen LogP contribution in [0.25, 0.3) is 11.1 Å². The van der Waals surface area contributed by atoms with Crippen LogP contribution in [0, 0.1) is 0 Å². The monoisotopic (exact) mass is 311 g/mol. The Morgan fingerprint density at radius 3 is 2.78 bits per heavy atom. The van der Waals surface area contributed by atoms with Gasteiger partial charge in [0.1, 0.15) is 17.8 Å². The summed E-state index contributed by atoms with van der Waals surface area (Å²) in [6, 6.07) is 10.1. The van der Waals surface area contributed by atoms with E-state index in [2.05, 4.69) is 10.3 Å². The number of hydrogen-bond donors (Lipinski definition) is 1. The predicted molar refractivity (Wildman–Crippen MR) is 79.2 cm³/mol. The van der Waals surface area contributed by atoms with Crippen LogP contribution >= 0.6 is 0 Å². The largest absolute Gasteiger partial charge is 0.466 e. The molecule has 1 fully saturated rings. The Balaban J connectivity index is 1.64. The number of para-hydroxylation sites is 2. The molecular formula is C16H13N3O4. The number of oxazole rings is 1. The molecule has 0 radical (unpaired) electrons. The van der Waals surface area contributed by atoms with Gasteiger partial charge in [-0.25, -0.2) is 9.78 Å². The van der Waals surface area contributed by atoms with Gasteiger partial charge in [-0.2, -0.15) is 0 Å². The van der Waals surface area contributed by atoms with Crippen molar-refractivity contribution >= 4 is 23.0 Å². The van der Waals surface area contributed by atoms with Crippen LogP contribution < -0.4 is 5.32 Å². The third kappa shape index (κ3) is 2.01. The van der Waals surface area contributed by atoms with Crippen LogP contribution in [0.15, 0.2) is 51.5 Å². The number of imide groups is 1. The van der Waals surface area contributed by atoms with Gasteiger partial charge in [0.15, 0.2) is 11.1 Å². The summed E-state index contributed by atoms with van der Waals surface area (Å²) in [7, 11) is 0. The van der Waals surface area contributed by atoms with Crippen molar-refractivity contribution in [2.45, 2.75) is 19.0 Å². The van der Waals surface area contributed by atoms with E-state index >= 15 is 0 Å². The number of furan rings is 1. The third-order valence-corrected chi connectivity index (χ3v) is 3.92. The number of carbonyl (C=O) groups excluding carboxylic acids is 2. The van der Waals surface area contributed by atoms with Crippen LogP contribution in [-0.2, 0) is 16.9 Å². The molecule has 0 bridgehead atoms. The van der Waals surface area contributed by atoms with Crippen molar-refractivity contribution in [1.29, 1.82) is 0 Å². The number of fused-ring (bicyclic) bond motifs is 1. The minimum Gasteiger partial charge on any atom is -0.466 e. The number of aromatic nitrogens is 1. The second-order valence-electron chi connectivity index (χ2n) is 5.50. The van der Waals surface area contributed by atoms with Crippen molar-refractivity contribution in [3.8, 4) is 0 Å². The molecule has 1 aliphatic heterocycles. The number of carbonyl (C=O) groups is 2. The Kier molecular flexibility index (Phi) is 2.77. The van der Waals surface area contributed by atoms with Crippen LogP contribution in [0.1, 0.15) is 18.6 Å². The molecule has 1 saturated heterocycles. The zero-order chi connectivity index (χ0) is 16.0. The van der Waals surface area contributed by atoms with Crippen LogP contribution in [0.3, 0.4) is 0 Å². The summed E-state index contributed by atoms with van der Waals surface area (Å²) in [5, 5.41) is 2.66. The Hall–Kier alpha value is -3.09. The van der Waals surface area contributed by atoms with Gasteiger partial charge in [0, 0.05) is 0 Å². The molecule has 3 aromatic rings. The second kappa shape index (κ2) is 4.70. The number of nitrogens with one attached hydrogen (secondary N) is 1. The summed E-state index contributed by atoms with van der Waals surface area (Å²) < 4.78 is 10.9. The lowest BCUT2D eigenvalue weighted by atomic mass is 9.99. The van der Waals surface area contributed by atoms with Gasteiger partial charge in [0.2, 0.25) is 5.89 Å². The van der Waals surface area contributed by atoms with E-state index in [9.17, 15) is 9.59 Å². The summed E-state index contributed by atoms with van der Waals surface area (Å²) in [6.07, 6.45) is 1.46. The fourth-order valence-electron chi connectivity index (χ4n) is 2.69. The van der Waals surface area contributed by atoms with E-state index in [1.54, 1.807) is 31.2 Å². The van der Waals surface area contributed by atoms with Crippen LogP contribution in [0.2, 0.25) is 0 Å². The quantitative estimate of drug-likeness (QED) is 0.750. The molecule has 7 heteroatoms. The van der Waals surface area contributed by atoms with Crippen molar-refractivity contribution < 1.29 is 18.4 Å². The fraction of sp³-hybridized carbons (Fsp3) is 0.188. The zero-order valence-electron chi connectivity index (χ0n) is 12.3. The Labute approximate surface area is 130 Å². The fourth-order valence-corrected chi connectivity index (χ4v) is 2.69. The maximum atomic E-state index is 12.7. The molecule has 3 heterocycles. The third-order valence-electron chi connectivity index (χ3n) is 3.92. The zero-order valence-corrected chi connectivity index (χ0v) is 12.3. The lowest BCUT2D eigenvalue weighted by Gasteiger charge is -2.18. The molecule has 23 heavy (non-hydrogen) atoms. The van der Waals surface area contributed by atoms with Gasteiger partial charge in [-0.15, -0.1) is 0 Å². The highest BCUT2D eigenvalue weighted by molar-refractivity contribution is 6.06. The first-order valence-corrected chi connectivity index (χ1v) is 7.10. The maximum Gasteiger partial charge on any atom is 0.325 e. The lowest BCUT2D eigenvalue weighted by molar-refractivity contribution is -0.132. The maximum absolute atomic E-state index is 12.7. The van der Waals surface area contributed by atoms with Gasteiger partial charge in [-0.05, 0) is 31.2 Å². The number of nitrogens with zero attached hydrogens (tertiary/aromatic N) is 2. The van der Waals surface area contributed by atoms with Crippen molar-refractivity contribution in [1.82, 2.24) is 15.2 Å². The molecule has 1 N–H and O–H groups in total. The van der Waals surface area contributed by atoms with E-state index < -0.39 is 17.5 Å². The van der Waals surface area contributed by atoms with E-state index in [0.717, 1.165) is 4.90 Å². The second-order valence-corrected chi connectivity index (χ2v) is 5.50. The van der Waals surface area contributed by atoms with E-state index in [1.165, 1.54) is 6.26 Å². The average molecular weight is 311 g/mol. The summed E-state index contributed by atoms with van der Waals surface area (Å²) in [5.74, 6) is 0.286. The van der Waals surface area contributed by atoms with Gasteiger partial charge in [-0.1, -0.05) is 12.1 Å². The summed E-state index contributed by atoms with van der Waals surface area (Å²) >= 11 is 0. The van der Waals surface area contributed by atoms with Crippen molar-refractivity contribution in [2.24, 2.45) is 0 Å². The van der Waals surface area contributed by atoms with Crippen LogP contribution in [0.4, 0.5) is 4.79 Å². The predicted octanol–water partition coefficient (Wildman–Crippen LogP) is 2.39. The lowest BCUT2D eigenvalue weighted by Crippen LogP contribution is -2.40. The Morgan fingerprint density at radius 2 is 2.04 bits per heavy atom. The Morgan fingerprint density at radius 1 is 1.22 bits per heavy atom. The average Bonchev–Trinajstić information content (AvgIpc) is 3.23. The number of rotatable bonds is 3.